The third kappa shape index (κ3) is 5.16. The molecule has 1 nitrogen and oxygen atoms in total. The molecule has 1 aliphatic rings. The topological polar surface area (TPSA) is 3.24 Å². The molecule has 0 N–H and O–H groups in total. The van der Waals surface area contributed by atoms with Crippen molar-refractivity contribution in [3.05, 3.63) is 211 Å². The highest BCUT2D eigenvalue weighted by Crippen LogP contribution is 2.54. The van der Waals surface area contributed by atoms with Gasteiger partial charge in [-0.1, -0.05) is 172 Å². The lowest BCUT2D eigenvalue weighted by Gasteiger charge is -2.30. The normalized spacial score (nSPS) is 12.8. The molecule has 0 unspecified atom stereocenters. The van der Waals surface area contributed by atoms with E-state index in [4.69, 9.17) is 0 Å². The van der Waals surface area contributed by atoms with Crippen molar-refractivity contribution in [1.29, 1.82) is 0 Å². The summed E-state index contributed by atoms with van der Waals surface area (Å²) in [4.78, 5) is 2.45. The lowest BCUT2D eigenvalue weighted by atomic mass is 9.81. The Morgan fingerprint density at radius 2 is 0.944 bits per heavy atom. The molecule has 1 heteroatoms. The number of rotatable bonds is 6. The fraction of sp³-hybridized carbons (Fsp3) is 0.0566. The van der Waals surface area contributed by atoms with Crippen molar-refractivity contribution in [2.45, 2.75) is 19.3 Å². The number of hydrogen-bond donors (Lipinski definition) is 0. The van der Waals surface area contributed by atoms with Gasteiger partial charge in [-0.15, -0.1) is 0 Å². The van der Waals surface area contributed by atoms with Crippen LogP contribution >= 0.6 is 0 Å². The van der Waals surface area contributed by atoms with Crippen LogP contribution in [0.15, 0.2) is 200 Å². The second kappa shape index (κ2) is 12.8. The van der Waals surface area contributed by atoms with E-state index in [1.54, 1.807) is 0 Å². The molecule has 0 aromatic heterocycles. The first kappa shape index (κ1) is 32.0. The quantitative estimate of drug-likeness (QED) is 0.168. The molecular formula is C53H39N. The van der Waals surface area contributed by atoms with E-state index in [0.29, 0.717) is 0 Å². The maximum absolute atomic E-state index is 2.45. The number of benzene rings is 9. The minimum atomic E-state index is -0.192. The van der Waals surface area contributed by atoms with Gasteiger partial charge in [0.05, 0.1) is 5.69 Å². The number of anilines is 3. The van der Waals surface area contributed by atoms with E-state index in [1.807, 2.05) is 0 Å². The Hall–Kier alpha value is -6.70. The van der Waals surface area contributed by atoms with Crippen LogP contribution in [0.4, 0.5) is 17.1 Å². The van der Waals surface area contributed by atoms with Crippen LogP contribution in [-0.4, -0.2) is 0 Å². The van der Waals surface area contributed by atoms with Crippen molar-refractivity contribution in [2.75, 3.05) is 4.90 Å². The summed E-state index contributed by atoms with van der Waals surface area (Å²) in [5, 5.41) is 5.01. The summed E-state index contributed by atoms with van der Waals surface area (Å²) < 4.78 is 0. The van der Waals surface area contributed by atoms with Crippen molar-refractivity contribution in [1.82, 2.24) is 0 Å². The lowest BCUT2D eigenvalue weighted by molar-refractivity contribution is 0.660. The monoisotopic (exact) mass is 689 g/mol. The Bertz CT molecular complexity index is 2840. The fourth-order valence-corrected chi connectivity index (χ4v) is 8.82. The molecule has 0 aliphatic heterocycles. The molecule has 0 heterocycles. The molecular weight excluding hydrogens is 651 g/mol. The average Bonchev–Trinajstić information content (AvgIpc) is 3.46. The van der Waals surface area contributed by atoms with Gasteiger partial charge in [-0.2, -0.15) is 0 Å². The molecule has 1 aliphatic carbocycles. The second-order valence-electron chi connectivity index (χ2n) is 14.9. The van der Waals surface area contributed by atoms with Gasteiger partial charge in [-0.3, -0.25) is 0 Å². The van der Waals surface area contributed by atoms with Crippen molar-refractivity contribution < 1.29 is 0 Å². The Balaban J connectivity index is 1.18. The van der Waals surface area contributed by atoms with Crippen LogP contribution in [0, 0.1) is 0 Å². The van der Waals surface area contributed by atoms with Gasteiger partial charge >= 0.3 is 0 Å². The molecule has 9 aromatic rings. The van der Waals surface area contributed by atoms with Crippen molar-refractivity contribution in [3.8, 4) is 44.5 Å². The number of nitrogens with zero attached hydrogens (tertiary/aromatic N) is 1. The van der Waals surface area contributed by atoms with Gasteiger partial charge in [0.2, 0.25) is 0 Å². The summed E-state index contributed by atoms with van der Waals surface area (Å²) in [6.07, 6.45) is 0. The summed E-state index contributed by atoms with van der Waals surface area (Å²) in [6.45, 7) is 4.77. The lowest BCUT2D eigenvalue weighted by Crippen LogP contribution is -2.17. The molecule has 256 valence electrons. The summed E-state index contributed by atoms with van der Waals surface area (Å²) in [6, 6.07) is 73.4. The predicted octanol–water partition coefficient (Wildman–Crippen LogP) is 14.8. The molecule has 0 radical (unpaired) electrons. The molecule has 10 rings (SSSR count). The number of hydrogen-bond acceptors (Lipinski definition) is 1. The first-order valence-electron chi connectivity index (χ1n) is 18.9. The third-order valence-electron chi connectivity index (χ3n) is 11.4. The zero-order valence-corrected chi connectivity index (χ0v) is 30.5. The van der Waals surface area contributed by atoms with Gasteiger partial charge in [-0.05, 0) is 114 Å². The summed E-state index contributed by atoms with van der Waals surface area (Å²) in [7, 11) is 0. The summed E-state index contributed by atoms with van der Waals surface area (Å²) in [5.41, 5.74) is 16.0. The molecule has 54 heavy (non-hydrogen) atoms. The Morgan fingerprint density at radius 1 is 0.352 bits per heavy atom. The molecule has 0 amide bonds. The van der Waals surface area contributed by atoms with Gasteiger partial charge in [-0.25, -0.2) is 0 Å². The number of fused-ring (bicyclic) bond motifs is 5. The average molecular weight is 690 g/mol. The SMILES string of the molecule is CC1(C)c2cc(N(c3ccccc3)c3ccccc3-c3cc4ccccc4cc3-c3ccccc3)ccc2-c2c(-c3cccc4ccccc34)cccc21. The van der Waals surface area contributed by atoms with E-state index in [0.717, 1.165) is 17.1 Å². The Morgan fingerprint density at radius 3 is 1.74 bits per heavy atom. The molecule has 0 saturated carbocycles. The van der Waals surface area contributed by atoms with Crippen LogP contribution in [0.25, 0.3) is 66.1 Å². The first-order valence-corrected chi connectivity index (χ1v) is 18.9. The van der Waals surface area contributed by atoms with E-state index < -0.39 is 0 Å². The molecule has 0 fully saturated rings. The fourth-order valence-electron chi connectivity index (χ4n) is 8.82. The molecule has 0 bridgehead atoms. The summed E-state index contributed by atoms with van der Waals surface area (Å²) >= 11 is 0. The molecule has 0 atom stereocenters. The highest BCUT2D eigenvalue weighted by Gasteiger charge is 2.38. The van der Waals surface area contributed by atoms with Crippen LogP contribution in [0.3, 0.4) is 0 Å². The van der Waals surface area contributed by atoms with Gasteiger partial charge in [0.25, 0.3) is 0 Å². The zero-order chi connectivity index (χ0) is 36.2. The van der Waals surface area contributed by atoms with Crippen LogP contribution in [0.1, 0.15) is 25.0 Å². The van der Waals surface area contributed by atoms with Gasteiger partial charge < -0.3 is 4.90 Å². The van der Waals surface area contributed by atoms with Crippen molar-refractivity contribution in [2.24, 2.45) is 0 Å². The van der Waals surface area contributed by atoms with Crippen LogP contribution < -0.4 is 4.90 Å². The van der Waals surface area contributed by atoms with Crippen LogP contribution in [0.5, 0.6) is 0 Å². The van der Waals surface area contributed by atoms with Gasteiger partial charge in [0, 0.05) is 22.4 Å². The van der Waals surface area contributed by atoms with E-state index in [-0.39, 0.29) is 5.41 Å². The van der Waals surface area contributed by atoms with E-state index in [1.165, 1.54) is 77.2 Å². The van der Waals surface area contributed by atoms with Crippen molar-refractivity contribution >= 4 is 38.6 Å². The van der Waals surface area contributed by atoms with E-state index >= 15 is 0 Å². The number of para-hydroxylation sites is 2. The van der Waals surface area contributed by atoms with E-state index in [9.17, 15) is 0 Å². The predicted molar refractivity (Wildman–Crippen MR) is 230 cm³/mol. The second-order valence-corrected chi connectivity index (χ2v) is 14.9. The summed E-state index contributed by atoms with van der Waals surface area (Å²) in [5.74, 6) is 0. The zero-order valence-electron chi connectivity index (χ0n) is 30.5. The highest BCUT2D eigenvalue weighted by molar-refractivity contribution is 6.04. The highest BCUT2D eigenvalue weighted by atomic mass is 15.1. The van der Waals surface area contributed by atoms with Crippen LogP contribution in [0.2, 0.25) is 0 Å². The van der Waals surface area contributed by atoms with Crippen molar-refractivity contribution in [3.63, 3.8) is 0 Å². The van der Waals surface area contributed by atoms with Crippen LogP contribution in [-0.2, 0) is 5.41 Å². The largest absolute Gasteiger partial charge is 0.310 e. The smallest absolute Gasteiger partial charge is 0.0540 e. The third-order valence-corrected chi connectivity index (χ3v) is 11.4. The minimum Gasteiger partial charge on any atom is -0.310 e. The standard InChI is InChI=1S/C53H39N/c1-53(2)49-29-16-28-45(43-27-15-22-36-19-11-12-25-42(36)43)52(49)46-32-31-41(35-50(46)53)54(40-23-7-4-8-24-40)51-30-14-13-26-44(51)48-34-39-21-10-9-20-38(39)33-47(48)37-17-5-3-6-18-37/h3-35H,1-2H3. The van der Waals surface area contributed by atoms with E-state index in [2.05, 4.69) is 219 Å². The molecule has 9 aromatic carbocycles. The molecule has 0 spiro atoms. The van der Waals surface area contributed by atoms with Gasteiger partial charge in [0.15, 0.2) is 0 Å². The van der Waals surface area contributed by atoms with Gasteiger partial charge in [0.1, 0.15) is 0 Å². The molecule has 0 saturated heterocycles. The Kier molecular flexibility index (Phi) is 7.56. The Labute approximate surface area is 317 Å². The first-order chi connectivity index (χ1) is 26.6. The maximum Gasteiger partial charge on any atom is 0.0540 e. The minimum absolute atomic E-state index is 0.192. The maximum atomic E-state index is 2.45.